The van der Waals surface area contributed by atoms with Gasteiger partial charge in [-0.3, -0.25) is 13.8 Å². The normalized spacial score (nSPS) is 22.1. The number of phosphoric acid groups is 1. The van der Waals surface area contributed by atoms with E-state index in [0.717, 1.165) is 83.5 Å². The van der Waals surface area contributed by atoms with Crippen molar-refractivity contribution in [1.29, 1.82) is 0 Å². The van der Waals surface area contributed by atoms with Crippen molar-refractivity contribution in [2.75, 3.05) is 19.8 Å². The predicted molar refractivity (Wildman–Crippen MR) is 258 cm³/mol. The summed E-state index contributed by atoms with van der Waals surface area (Å²) in [6, 6.07) is 0. The van der Waals surface area contributed by atoms with Gasteiger partial charge in [0, 0.05) is 13.0 Å². The Kier molecular flexibility index (Phi) is 39.1. The molecule has 0 aromatic heterocycles. The Morgan fingerprint density at radius 3 is 1.42 bits per heavy atom. The second kappa shape index (κ2) is 41.5. The number of aliphatic hydroxyl groups is 5. The van der Waals surface area contributed by atoms with Gasteiger partial charge in [-0.2, -0.15) is 0 Å². The summed E-state index contributed by atoms with van der Waals surface area (Å²) in [5.74, 6) is -0.484. The molecule has 0 aromatic carbocycles. The number of aliphatic hydroxyl groups excluding tert-OH is 5. The summed E-state index contributed by atoms with van der Waals surface area (Å²) in [6.45, 7) is 4.13. The zero-order valence-corrected chi connectivity index (χ0v) is 41.0. The first-order chi connectivity index (χ1) is 31.0. The molecule has 0 amide bonds. The summed E-state index contributed by atoms with van der Waals surface area (Å²) in [5.41, 5.74) is 0. The van der Waals surface area contributed by atoms with E-state index in [4.69, 9.17) is 18.5 Å². The van der Waals surface area contributed by atoms with E-state index >= 15 is 0 Å². The van der Waals surface area contributed by atoms with Gasteiger partial charge in [-0.15, -0.1) is 0 Å². The first-order valence-corrected chi connectivity index (χ1v) is 27.0. The van der Waals surface area contributed by atoms with Crippen LogP contribution < -0.4 is 0 Å². The zero-order valence-electron chi connectivity index (χ0n) is 40.1. The quantitative estimate of drug-likeness (QED) is 0.0147. The van der Waals surface area contributed by atoms with Gasteiger partial charge in [0.05, 0.1) is 13.2 Å². The lowest BCUT2D eigenvalue weighted by molar-refractivity contribution is -0.220. The fraction of sp³-hybridized carbons (Fsp3) is 0.824. The van der Waals surface area contributed by atoms with E-state index in [9.17, 15) is 39.8 Å². The Morgan fingerprint density at radius 2 is 0.922 bits per heavy atom. The van der Waals surface area contributed by atoms with Gasteiger partial charge in [0.2, 0.25) is 0 Å². The Morgan fingerprint density at radius 1 is 0.516 bits per heavy atom. The average molecular weight is 929 g/mol. The van der Waals surface area contributed by atoms with Crippen molar-refractivity contribution < 1.29 is 58.3 Å². The first kappa shape index (κ1) is 60.3. The number of hydrogen-bond donors (Lipinski definition) is 6. The fourth-order valence-electron chi connectivity index (χ4n) is 7.66. The van der Waals surface area contributed by atoms with Gasteiger partial charge < -0.3 is 39.9 Å². The number of phosphoric ester groups is 1. The van der Waals surface area contributed by atoms with Gasteiger partial charge >= 0.3 is 13.8 Å². The minimum Gasteiger partial charge on any atom is -0.457 e. The second-order valence-corrected chi connectivity index (χ2v) is 19.0. The first-order valence-electron chi connectivity index (χ1n) is 25.5. The number of carbonyl (C=O) groups is 1. The van der Waals surface area contributed by atoms with E-state index in [1.54, 1.807) is 0 Å². The molecule has 12 nitrogen and oxygen atoms in total. The van der Waals surface area contributed by atoms with Gasteiger partial charge in [0.25, 0.3) is 0 Å². The highest BCUT2D eigenvalue weighted by Crippen LogP contribution is 2.47. The van der Waals surface area contributed by atoms with Crippen molar-refractivity contribution in [2.45, 2.75) is 249 Å². The van der Waals surface area contributed by atoms with Crippen LogP contribution in [0.15, 0.2) is 48.6 Å². The summed E-state index contributed by atoms with van der Waals surface area (Å²) in [5, 5.41) is 50.3. The van der Waals surface area contributed by atoms with Gasteiger partial charge in [-0.05, 0) is 70.6 Å². The molecule has 0 aromatic rings. The molecular formula is C51H93O12P. The SMILES string of the molecule is CC/C=C\C/C=C\C/C=C\CCCCCCCCOCC(COP(=O)(O)OC1C(O)C(O)C(O)C(O)C1O)OC(=O)CCCCCCCCCCC/C=C\CCCCCCCCCC. The molecule has 6 unspecified atom stereocenters. The van der Waals surface area contributed by atoms with Crippen LogP contribution in [0.4, 0.5) is 0 Å². The maximum atomic E-state index is 12.8. The van der Waals surface area contributed by atoms with Crippen molar-refractivity contribution in [1.82, 2.24) is 0 Å². The number of allylic oxidation sites excluding steroid dienone is 8. The lowest BCUT2D eigenvalue weighted by atomic mass is 9.85. The van der Waals surface area contributed by atoms with Crippen molar-refractivity contribution in [3.63, 3.8) is 0 Å². The highest BCUT2D eigenvalue weighted by Gasteiger charge is 2.51. The number of ether oxygens (including phenoxy) is 2. The van der Waals surface area contributed by atoms with Crippen LogP contribution in [0.3, 0.4) is 0 Å². The van der Waals surface area contributed by atoms with E-state index < -0.39 is 63.1 Å². The smallest absolute Gasteiger partial charge is 0.457 e. The maximum Gasteiger partial charge on any atom is 0.472 e. The molecule has 0 saturated heterocycles. The van der Waals surface area contributed by atoms with E-state index in [1.165, 1.54) is 96.3 Å². The topological polar surface area (TPSA) is 192 Å². The fourth-order valence-corrected chi connectivity index (χ4v) is 8.63. The van der Waals surface area contributed by atoms with Crippen LogP contribution in [0.25, 0.3) is 0 Å². The molecule has 374 valence electrons. The van der Waals surface area contributed by atoms with Crippen molar-refractivity contribution in [3.8, 4) is 0 Å². The molecule has 6 atom stereocenters. The Labute approximate surface area is 388 Å². The molecule has 1 rings (SSSR count). The van der Waals surface area contributed by atoms with Gasteiger partial charge in [0.1, 0.15) is 42.7 Å². The molecule has 0 bridgehead atoms. The van der Waals surface area contributed by atoms with Crippen molar-refractivity contribution in [2.24, 2.45) is 0 Å². The molecule has 6 N–H and O–H groups in total. The third kappa shape index (κ3) is 32.9. The van der Waals surface area contributed by atoms with E-state index in [1.807, 2.05) is 0 Å². The summed E-state index contributed by atoms with van der Waals surface area (Å²) < 4.78 is 34.3. The Bertz CT molecular complexity index is 1240. The second-order valence-electron chi connectivity index (χ2n) is 17.6. The number of hydrogen-bond acceptors (Lipinski definition) is 11. The lowest BCUT2D eigenvalue weighted by Crippen LogP contribution is -2.64. The molecule has 0 aliphatic heterocycles. The summed E-state index contributed by atoms with van der Waals surface area (Å²) in [7, 11) is -5.03. The minimum absolute atomic E-state index is 0.0867. The highest BCUT2D eigenvalue weighted by atomic mass is 31.2. The molecule has 1 aliphatic rings. The predicted octanol–water partition coefficient (Wildman–Crippen LogP) is 11.2. The van der Waals surface area contributed by atoms with Crippen LogP contribution in [0, 0.1) is 0 Å². The van der Waals surface area contributed by atoms with Gasteiger partial charge in [-0.25, -0.2) is 4.57 Å². The largest absolute Gasteiger partial charge is 0.472 e. The highest BCUT2D eigenvalue weighted by molar-refractivity contribution is 7.47. The third-order valence-electron chi connectivity index (χ3n) is 11.7. The molecule has 0 heterocycles. The number of unbranched alkanes of at least 4 members (excludes halogenated alkanes) is 23. The molecule has 64 heavy (non-hydrogen) atoms. The zero-order chi connectivity index (χ0) is 46.9. The molecule has 1 saturated carbocycles. The maximum absolute atomic E-state index is 12.8. The van der Waals surface area contributed by atoms with Crippen LogP contribution in [0.1, 0.15) is 206 Å². The van der Waals surface area contributed by atoms with Crippen LogP contribution in [0.2, 0.25) is 0 Å². The van der Waals surface area contributed by atoms with Crippen LogP contribution in [-0.4, -0.2) is 98.9 Å². The summed E-state index contributed by atoms with van der Waals surface area (Å²) in [6.07, 6.45) is 38.9. The summed E-state index contributed by atoms with van der Waals surface area (Å²) in [4.78, 5) is 23.2. The van der Waals surface area contributed by atoms with Gasteiger partial charge in [-0.1, -0.05) is 178 Å². The van der Waals surface area contributed by atoms with E-state index in [-0.39, 0.29) is 13.0 Å². The van der Waals surface area contributed by atoms with Gasteiger partial charge in [0.15, 0.2) is 0 Å². The standard InChI is InChI=1S/C51H93O12P/c1-3-5-7-9-11-13-15-17-19-21-22-23-24-25-26-28-30-32-34-36-38-40-45(52)62-44(43-61-64(58,59)63-51-49(56)47(54)46(53)48(55)50(51)57)42-60-41-39-37-35-33-31-29-27-20-18-16-14-12-10-8-6-4-2/h6,8,12,14,18,20-22,44,46-51,53-57H,3-5,7,9-11,13,15-17,19,23-43H2,1-2H3,(H,58,59)/b8-6-,14-12-,20-18-,22-21-. The molecule has 0 radical (unpaired) electrons. The monoisotopic (exact) mass is 929 g/mol. The van der Waals surface area contributed by atoms with Crippen molar-refractivity contribution >= 4 is 13.8 Å². The van der Waals surface area contributed by atoms with Crippen LogP contribution in [-0.2, 0) is 27.9 Å². The number of carbonyl (C=O) groups excluding carboxylic acids is 1. The average Bonchev–Trinajstić information content (AvgIpc) is 3.28. The van der Waals surface area contributed by atoms with E-state index in [2.05, 4.69) is 62.5 Å². The number of rotatable bonds is 43. The molecule has 1 aliphatic carbocycles. The summed E-state index contributed by atoms with van der Waals surface area (Å²) >= 11 is 0. The molecule has 0 spiro atoms. The number of esters is 1. The van der Waals surface area contributed by atoms with Crippen LogP contribution in [0.5, 0.6) is 0 Å². The Balaban J connectivity index is 2.34. The third-order valence-corrected chi connectivity index (χ3v) is 12.7. The Hall–Kier alpha value is -1.70. The minimum atomic E-state index is -5.03. The molecule has 1 fully saturated rings. The van der Waals surface area contributed by atoms with E-state index in [0.29, 0.717) is 13.0 Å². The van der Waals surface area contributed by atoms with Crippen LogP contribution >= 0.6 is 7.82 Å². The molecule has 13 heteroatoms. The lowest BCUT2D eigenvalue weighted by Gasteiger charge is -2.41. The molecular weight excluding hydrogens is 836 g/mol. The van der Waals surface area contributed by atoms with Crippen molar-refractivity contribution in [3.05, 3.63) is 48.6 Å².